The molecule has 0 aliphatic rings. The Hall–Kier alpha value is -1.29. The van der Waals surface area contributed by atoms with E-state index in [1.807, 2.05) is 0 Å². The molecule has 0 saturated carbocycles. The quantitative estimate of drug-likeness (QED) is 0.601. The second-order valence-electron chi connectivity index (χ2n) is 3.16. The zero-order chi connectivity index (χ0) is 11.4. The van der Waals surface area contributed by atoms with Crippen LogP contribution >= 0.6 is 0 Å². The smallest absolute Gasteiger partial charge is 0.194 e. The molecule has 82 valence electrons. The molecule has 15 heavy (non-hydrogen) atoms. The van der Waals surface area contributed by atoms with Crippen LogP contribution in [-0.4, -0.2) is 7.05 Å². The van der Waals surface area contributed by atoms with Crippen molar-refractivity contribution in [2.24, 2.45) is 0 Å². The molecular weight excluding hydrogens is 203 g/mol. The van der Waals surface area contributed by atoms with E-state index in [1.54, 1.807) is 13.1 Å². The summed E-state index contributed by atoms with van der Waals surface area (Å²) in [5.74, 6) is -3.78. The van der Waals surface area contributed by atoms with Crippen molar-refractivity contribution in [1.82, 2.24) is 5.32 Å². The second-order valence-corrected chi connectivity index (χ2v) is 3.16. The number of nitrogens with one attached hydrogen (secondary N) is 1. The summed E-state index contributed by atoms with van der Waals surface area (Å²) in [5.41, 5.74) is 0.369. The predicted octanol–water partition coefficient (Wildman–Crippen LogP) is 2.94. The van der Waals surface area contributed by atoms with Gasteiger partial charge in [0.05, 0.1) is 0 Å². The molecular formula is C11H12F3N. The maximum absolute atomic E-state index is 12.9. The molecule has 0 spiro atoms. The Morgan fingerprint density at radius 2 is 1.87 bits per heavy atom. The highest BCUT2D eigenvalue weighted by Gasteiger charge is 2.15. The van der Waals surface area contributed by atoms with Gasteiger partial charge in [-0.1, -0.05) is 6.08 Å². The first kappa shape index (κ1) is 11.8. The van der Waals surface area contributed by atoms with E-state index in [1.165, 1.54) is 0 Å². The largest absolute Gasteiger partial charge is 0.313 e. The molecule has 0 fully saturated rings. The van der Waals surface area contributed by atoms with Gasteiger partial charge in [-0.2, -0.15) is 0 Å². The molecule has 1 nitrogen and oxygen atoms in total. The minimum atomic E-state index is -1.44. The van der Waals surface area contributed by atoms with Crippen molar-refractivity contribution < 1.29 is 13.2 Å². The molecule has 0 bridgehead atoms. The maximum atomic E-state index is 12.9. The van der Waals surface area contributed by atoms with Crippen molar-refractivity contribution in [3.63, 3.8) is 0 Å². The van der Waals surface area contributed by atoms with E-state index in [0.717, 1.165) is 12.1 Å². The summed E-state index contributed by atoms with van der Waals surface area (Å²) in [6, 6.07) is 1.72. The first-order valence-electron chi connectivity index (χ1n) is 4.52. The van der Waals surface area contributed by atoms with Crippen LogP contribution in [0.15, 0.2) is 24.8 Å². The molecule has 0 radical (unpaired) electrons. The van der Waals surface area contributed by atoms with Gasteiger partial charge >= 0.3 is 0 Å². The van der Waals surface area contributed by atoms with E-state index in [-0.39, 0.29) is 6.04 Å². The van der Waals surface area contributed by atoms with Gasteiger partial charge in [0.1, 0.15) is 0 Å². The van der Waals surface area contributed by atoms with Gasteiger partial charge in [0.25, 0.3) is 0 Å². The minimum Gasteiger partial charge on any atom is -0.313 e. The van der Waals surface area contributed by atoms with Crippen LogP contribution in [0.1, 0.15) is 18.0 Å². The molecule has 1 aromatic carbocycles. The summed E-state index contributed by atoms with van der Waals surface area (Å²) in [6.07, 6.45) is 2.14. The molecule has 4 heteroatoms. The molecule has 0 aliphatic carbocycles. The number of hydrogen-bond donors (Lipinski definition) is 1. The highest BCUT2D eigenvalue weighted by Crippen LogP contribution is 2.21. The Bertz CT molecular complexity index is 340. The van der Waals surface area contributed by atoms with E-state index in [9.17, 15) is 13.2 Å². The average Bonchev–Trinajstić information content (AvgIpc) is 2.22. The van der Waals surface area contributed by atoms with E-state index in [4.69, 9.17) is 0 Å². The van der Waals surface area contributed by atoms with Crippen molar-refractivity contribution in [2.75, 3.05) is 7.05 Å². The first-order chi connectivity index (χ1) is 7.10. The summed E-state index contributed by atoms with van der Waals surface area (Å²) >= 11 is 0. The van der Waals surface area contributed by atoms with Gasteiger partial charge in [-0.3, -0.25) is 0 Å². The fourth-order valence-corrected chi connectivity index (χ4v) is 1.36. The first-order valence-corrected chi connectivity index (χ1v) is 4.52. The van der Waals surface area contributed by atoms with Gasteiger partial charge in [0.15, 0.2) is 17.5 Å². The zero-order valence-electron chi connectivity index (χ0n) is 8.36. The molecule has 1 atom stereocenters. The van der Waals surface area contributed by atoms with E-state index in [2.05, 4.69) is 11.9 Å². The van der Waals surface area contributed by atoms with Crippen LogP contribution in [-0.2, 0) is 0 Å². The number of rotatable bonds is 4. The SMILES string of the molecule is C=CCC(NC)c1cc(F)c(F)c(F)c1. The van der Waals surface area contributed by atoms with Crippen LogP contribution in [0.4, 0.5) is 13.2 Å². The van der Waals surface area contributed by atoms with Crippen molar-refractivity contribution >= 4 is 0 Å². The minimum absolute atomic E-state index is 0.257. The predicted molar refractivity (Wildman–Crippen MR) is 52.9 cm³/mol. The third kappa shape index (κ3) is 2.59. The fraction of sp³-hybridized carbons (Fsp3) is 0.273. The molecule has 0 saturated heterocycles. The zero-order valence-corrected chi connectivity index (χ0v) is 8.36. The Kier molecular flexibility index (Phi) is 3.91. The summed E-state index contributed by atoms with van der Waals surface area (Å²) in [6.45, 7) is 3.53. The topological polar surface area (TPSA) is 12.0 Å². The van der Waals surface area contributed by atoms with E-state index >= 15 is 0 Å². The lowest BCUT2D eigenvalue weighted by Crippen LogP contribution is -2.16. The normalized spacial score (nSPS) is 12.5. The van der Waals surface area contributed by atoms with Gasteiger partial charge in [-0.25, -0.2) is 13.2 Å². The van der Waals surface area contributed by atoms with Crippen molar-refractivity contribution in [1.29, 1.82) is 0 Å². The molecule has 1 aromatic rings. The van der Waals surface area contributed by atoms with Crippen LogP contribution in [0.5, 0.6) is 0 Å². The van der Waals surface area contributed by atoms with Crippen LogP contribution < -0.4 is 5.32 Å². The monoisotopic (exact) mass is 215 g/mol. The highest BCUT2D eigenvalue weighted by molar-refractivity contribution is 5.23. The number of hydrogen-bond acceptors (Lipinski definition) is 1. The molecule has 0 heterocycles. The maximum Gasteiger partial charge on any atom is 0.194 e. The third-order valence-electron chi connectivity index (χ3n) is 2.16. The third-order valence-corrected chi connectivity index (χ3v) is 2.16. The average molecular weight is 215 g/mol. The Balaban J connectivity index is 3.08. The molecule has 0 amide bonds. The lowest BCUT2D eigenvalue weighted by atomic mass is 10.0. The summed E-state index contributed by atoms with van der Waals surface area (Å²) in [5, 5.41) is 2.87. The second kappa shape index (κ2) is 4.98. The molecule has 1 unspecified atom stereocenters. The Morgan fingerprint density at radius 1 is 1.33 bits per heavy atom. The standard InChI is InChI=1S/C11H12F3N/c1-3-4-10(15-2)7-5-8(12)11(14)9(13)6-7/h3,5-6,10,15H,1,4H2,2H3. The lowest BCUT2D eigenvalue weighted by Gasteiger charge is -2.14. The Morgan fingerprint density at radius 3 is 2.27 bits per heavy atom. The van der Waals surface area contributed by atoms with E-state index < -0.39 is 17.5 Å². The van der Waals surface area contributed by atoms with Crippen molar-refractivity contribution in [2.45, 2.75) is 12.5 Å². The van der Waals surface area contributed by atoms with Gasteiger partial charge in [-0.05, 0) is 31.2 Å². The van der Waals surface area contributed by atoms with Crippen molar-refractivity contribution in [3.8, 4) is 0 Å². The number of benzene rings is 1. The van der Waals surface area contributed by atoms with Crippen LogP contribution in [0, 0.1) is 17.5 Å². The van der Waals surface area contributed by atoms with Gasteiger partial charge in [0, 0.05) is 6.04 Å². The molecule has 0 aliphatic heterocycles. The Labute approximate surface area is 86.6 Å². The number of halogens is 3. The van der Waals surface area contributed by atoms with Gasteiger partial charge < -0.3 is 5.32 Å². The van der Waals surface area contributed by atoms with Gasteiger partial charge in [0.2, 0.25) is 0 Å². The highest BCUT2D eigenvalue weighted by atomic mass is 19.2. The van der Waals surface area contributed by atoms with Gasteiger partial charge in [-0.15, -0.1) is 6.58 Å². The molecule has 1 rings (SSSR count). The molecule has 1 N–H and O–H groups in total. The van der Waals surface area contributed by atoms with Crippen LogP contribution in [0.3, 0.4) is 0 Å². The molecule has 0 aromatic heterocycles. The lowest BCUT2D eigenvalue weighted by molar-refractivity contribution is 0.441. The van der Waals surface area contributed by atoms with Crippen LogP contribution in [0.2, 0.25) is 0 Å². The fourth-order valence-electron chi connectivity index (χ4n) is 1.36. The van der Waals surface area contributed by atoms with Crippen molar-refractivity contribution in [3.05, 3.63) is 47.8 Å². The van der Waals surface area contributed by atoms with E-state index in [0.29, 0.717) is 12.0 Å². The van der Waals surface area contributed by atoms with Crippen LogP contribution in [0.25, 0.3) is 0 Å². The summed E-state index contributed by atoms with van der Waals surface area (Å²) < 4.78 is 38.5. The summed E-state index contributed by atoms with van der Waals surface area (Å²) in [4.78, 5) is 0. The summed E-state index contributed by atoms with van der Waals surface area (Å²) in [7, 11) is 1.66.